The van der Waals surface area contributed by atoms with Gasteiger partial charge >= 0.3 is 5.97 Å². The Morgan fingerprint density at radius 1 is 1.35 bits per heavy atom. The molecule has 1 heterocycles. The number of ether oxygens (including phenoxy) is 1. The molecule has 4 nitrogen and oxygen atoms in total. The summed E-state index contributed by atoms with van der Waals surface area (Å²) in [6, 6.07) is 6.55. The highest BCUT2D eigenvalue weighted by Crippen LogP contribution is 2.23. The summed E-state index contributed by atoms with van der Waals surface area (Å²) in [7, 11) is 0. The van der Waals surface area contributed by atoms with Crippen molar-refractivity contribution in [1.29, 1.82) is 0 Å². The molecule has 5 heteroatoms. The zero-order valence-electron chi connectivity index (χ0n) is 9.12. The minimum absolute atomic E-state index is 0.0223. The fraction of sp³-hybridized carbons (Fsp3) is 0.167. The molecule has 1 N–H and O–H groups in total. The summed E-state index contributed by atoms with van der Waals surface area (Å²) in [4.78, 5) is 25.9. The summed E-state index contributed by atoms with van der Waals surface area (Å²) in [5.74, 6) is -0.619. The van der Waals surface area contributed by atoms with E-state index >= 15 is 0 Å². The second kappa shape index (κ2) is 4.59. The van der Waals surface area contributed by atoms with Crippen LogP contribution in [0.15, 0.2) is 29.1 Å². The average Bonchev–Trinajstić information content (AvgIpc) is 2.50. The molecule has 0 radical (unpaired) electrons. The molecule has 17 heavy (non-hydrogen) atoms. The van der Waals surface area contributed by atoms with Crippen LogP contribution in [0.1, 0.15) is 17.3 Å². The van der Waals surface area contributed by atoms with Crippen LogP contribution in [0.3, 0.4) is 0 Å². The van der Waals surface area contributed by atoms with E-state index in [2.05, 4.69) is 4.98 Å². The first-order chi connectivity index (χ1) is 8.13. The van der Waals surface area contributed by atoms with E-state index in [1.54, 1.807) is 31.2 Å². The lowest BCUT2D eigenvalue weighted by atomic mass is 10.1. The maximum atomic E-state index is 11.7. The first kappa shape index (κ1) is 11.7. The highest BCUT2D eigenvalue weighted by Gasteiger charge is 2.21. The van der Waals surface area contributed by atoms with Crippen LogP contribution >= 0.6 is 11.6 Å². The number of esters is 1. The van der Waals surface area contributed by atoms with Gasteiger partial charge in [0.05, 0.1) is 6.61 Å². The first-order valence-electron chi connectivity index (χ1n) is 5.12. The first-order valence-corrected chi connectivity index (χ1v) is 5.50. The number of nitrogens with one attached hydrogen (secondary N) is 1. The summed E-state index contributed by atoms with van der Waals surface area (Å²) in [6.45, 7) is 1.92. The van der Waals surface area contributed by atoms with Crippen LogP contribution < -0.4 is 5.56 Å². The van der Waals surface area contributed by atoms with Crippen molar-refractivity contribution in [1.82, 2.24) is 4.98 Å². The Balaban J connectivity index is 2.63. The number of aromatic nitrogens is 1. The Morgan fingerprint density at radius 3 is 2.76 bits per heavy atom. The molecule has 0 atom stereocenters. The monoisotopic (exact) mass is 251 g/mol. The van der Waals surface area contributed by atoms with Gasteiger partial charge in [-0.05, 0) is 25.1 Å². The summed E-state index contributed by atoms with van der Waals surface area (Å²) >= 11 is 5.84. The number of aromatic amines is 1. The van der Waals surface area contributed by atoms with E-state index in [0.717, 1.165) is 0 Å². The molecule has 0 saturated carbocycles. The predicted molar refractivity (Wildman–Crippen MR) is 64.7 cm³/mol. The molecule has 2 aliphatic rings. The molecule has 0 amide bonds. The smallest absolute Gasteiger partial charge is 0.344 e. The molecular formula is C12H10ClNO3. The zero-order valence-corrected chi connectivity index (χ0v) is 9.88. The number of carbonyl (C=O) groups is 1. The van der Waals surface area contributed by atoms with E-state index in [0.29, 0.717) is 16.3 Å². The molecule has 0 aromatic carbocycles. The third kappa shape index (κ3) is 2.17. The summed E-state index contributed by atoms with van der Waals surface area (Å²) < 4.78 is 4.84. The number of halogens is 1. The molecular weight excluding hydrogens is 242 g/mol. The van der Waals surface area contributed by atoms with Gasteiger partial charge in [0, 0.05) is 16.3 Å². The quantitative estimate of drug-likeness (QED) is 0.834. The van der Waals surface area contributed by atoms with Crippen molar-refractivity contribution in [2.45, 2.75) is 6.92 Å². The Kier molecular flexibility index (Phi) is 3.15. The molecule has 0 aromatic rings. The van der Waals surface area contributed by atoms with Gasteiger partial charge in [0.25, 0.3) is 5.56 Å². The maximum Gasteiger partial charge on any atom is 0.344 e. The Hall–Kier alpha value is -1.81. The molecule has 0 saturated heterocycles. The van der Waals surface area contributed by atoms with Gasteiger partial charge in [0.2, 0.25) is 0 Å². The van der Waals surface area contributed by atoms with Gasteiger partial charge in [0.15, 0.2) is 0 Å². The largest absolute Gasteiger partial charge is 0.462 e. The summed E-state index contributed by atoms with van der Waals surface area (Å²) in [5.41, 5.74) is 0.653. The van der Waals surface area contributed by atoms with Crippen molar-refractivity contribution in [2.75, 3.05) is 6.61 Å². The van der Waals surface area contributed by atoms with Crippen LogP contribution in [0.25, 0.3) is 11.3 Å². The molecule has 88 valence electrons. The maximum absolute atomic E-state index is 11.7. The third-order valence-corrected chi connectivity index (χ3v) is 2.58. The van der Waals surface area contributed by atoms with Crippen LogP contribution in [0.5, 0.6) is 0 Å². The third-order valence-electron chi connectivity index (χ3n) is 2.33. The minimum atomic E-state index is -0.619. The summed E-state index contributed by atoms with van der Waals surface area (Å²) in [5, 5.41) is 0.525. The van der Waals surface area contributed by atoms with Crippen LogP contribution in [-0.4, -0.2) is 17.6 Å². The van der Waals surface area contributed by atoms with Gasteiger partial charge < -0.3 is 9.72 Å². The van der Waals surface area contributed by atoms with E-state index in [1.165, 1.54) is 0 Å². The topological polar surface area (TPSA) is 59.2 Å². The van der Waals surface area contributed by atoms with Gasteiger partial charge in [-0.1, -0.05) is 17.7 Å². The lowest BCUT2D eigenvalue weighted by Crippen LogP contribution is -2.14. The normalized spacial score (nSPS) is 10.5. The summed E-state index contributed by atoms with van der Waals surface area (Å²) in [6.07, 6.45) is 0. The van der Waals surface area contributed by atoms with E-state index in [1.807, 2.05) is 0 Å². The van der Waals surface area contributed by atoms with Crippen molar-refractivity contribution >= 4 is 17.6 Å². The average molecular weight is 252 g/mol. The van der Waals surface area contributed by atoms with Crippen LogP contribution in [0.2, 0.25) is 5.02 Å². The number of hydrogen-bond donors (Lipinski definition) is 1. The Labute approximate surface area is 103 Å². The van der Waals surface area contributed by atoms with Crippen LogP contribution in [0, 0.1) is 0 Å². The van der Waals surface area contributed by atoms with Crippen LogP contribution in [-0.2, 0) is 4.74 Å². The van der Waals surface area contributed by atoms with Gasteiger partial charge in [-0.2, -0.15) is 0 Å². The molecule has 0 aromatic heterocycles. The standard InChI is InChI=1S/C12H10ClNO3/c1-2-17-12(16)10-8-5-3-7(13)4-6-9(8)14-11(10)15/h3-6H,2H2,1H3,(H,14,15). The lowest BCUT2D eigenvalue weighted by molar-refractivity contribution is 0.0526. The molecule has 0 spiro atoms. The molecule has 1 aliphatic heterocycles. The van der Waals surface area contributed by atoms with E-state index in [-0.39, 0.29) is 12.2 Å². The van der Waals surface area contributed by atoms with Crippen molar-refractivity contribution in [3.8, 4) is 11.3 Å². The zero-order chi connectivity index (χ0) is 12.4. The predicted octanol–water partition coefficient (Wildman–Crippen LogP) is 2.31. The molecule has 2 rings (SSSR count). The van der Waals surface area contributed by atoms with Crippen molar-refractivity contribution < 1.29 is 9.53 Å². The number of H-pyrrole nitrogens is 1. The van der Waals surface area contributed by atoms with E-state index < -0.39 is 11.5 Å². The second-order valence-electron chi connectivity index (χ2n) is 3.43. The lowest BCUT2D eigenvalue weighted by Gasteiger charge is -1.99. The SMILES string of the molecule is CCOC(=O)c1c2ccc(Cl)ccc-2[nH]c1=O. The van der Waals surface area contributed by atoms with Gasteiger partial charge in [-0.25, -0.2) is 4.79 Å². The van der Waals surface area contributed by atoms with Gasteiger partial charge in [-0.3, -0.25) is 4.79 Å². The van der Waals surface area contributed by atoms with E-state index in [9.17, 15) is 9.59 Å². The fourth-order valence-corrected chi connectivity index (χ4v) is 1.73. The van der Waals surface area contributed by atoms with Gasteiger partial charge in [-0.15, -0.1) is 0 Å². The number of hydrogen-bond acceptors (Lipinski definition) is 3. The van der Waals surface area contributed by atoms with Crippen molar-refractivity contribution in [3.63, 3.8) is 0 Å². The highest BCUT2D eigenvalue weighted by molar-refractivity contribution is 6.30. The highest BCUT2D eigenvalue weighted by atomic mass is 35.5. The molecule has 0 fully saturated rings. The van der Waals surface area contributed by atoms with Crippen molar-refractivity contribution in [3.05, 3.63) is 45.2 Å². The molecule has 0 unspecified atom stereocenters. The molecule has 1 aliphatic carbocycles. The number of carbonyl (C=O) groups excluding carboxylic acids is 1. The van der Waals surface area contributed by atoms with Gasteiger partial charge in [0.1, 0.15) is 5.56 Å². The Bertz CT molecular complexity index is 591. The fourth-order valence-electron chi connectivity index (χ4n) is 1.60. The minimum Gasteiger partial charge on any atom is -0.462 e. The second-order valence-corrected chi connectivity index (χ2v) is 3.86. The number of rotatable bonds is 2. The van der Waals surface area contributed by atoms with Crippen molar-refractivity contribution in [2.24, 2.45) is 0 Å². The molecule has 0 bridgehead atoms. The number of fused-ring (bicyclic) bond motifs is 1. The Morgan fingerprint density at radius 2 is 2.06 bits per heavy atom. The van der Waals surface area contributed by atoms with E-state index in [4.69, 9.17) is 16.3 Å². The van der Waals surface area contributed by atoms with Crippen LogP contribution in [0.4, 0.5) is 0 Å².